The molecule has 0 spiro atoms. The van der Waals surface area contributed by atoms with E-state index in [1.807, 2.05) is 30.3 Å². The van der Waals surface area contributed by atoms with E-state index in [4.69, 9.17) is 0 Å². The third-order valence-corrected chi connectivity index (χ3v) is 9.12. The molecule has 3 aliphatic carbocycles. The molecule has 0 radical (unpaired) electrons. The van der Waals surface area contributed by atoms with Gasteiger partial charge < -0.3 is 4.90 Å². The van der Waals surface area contributed by atoms with E-state index in [1.165, 1.54) is 41.3 Å². The van der Waals surface area contributed by atoms with Crippen LogP contribution in [0.15, 0.2) is 83.8 Å². The van der Waals surface area contributed by atoms with Crippen LogP contribution in [-0.2, 0) is 27.7 Å². The molecule has 6 nitrogen and oxygen atoms in total. The molecule has 1 amide bonds. The van der Waals surface area contributed by atoms with E-state index in [0.717, 1.165) is 24.8 Å². The quantitative estimate of drug-likeness (QED) is 0.435. The topological polar surface area (TPSA) is 83.6 Å². The molecule has 0 heterocycles. The van der Waals surface area contributed by atoms with E-state index in [2.05, 4.69) is 4.72 Å². The molecule has 0 aliphatic heterocycles. The van der Waals surface area contributed by atoms with E-state index in [-0.39, 0.29) is 28.5 Å². The Morgan fingerprint density at radius 3 is 2.14 bits per heavy atom. The fourth-order valence-electron chi connectivity index (χ4n) is 5.29. The van der Waals surface area contributed by atoms with Crippen LogP contribution in [-0.4, -0.2) is 43.6 Å². The normalized spacial score (nSPS) is 20.9. The van der Waals surface area contributed by atoms with Gasteiger partial charge >= 0.3 is 0 Å². The number of hydrogen-bond acceptors (Lipinski definition) is 4. The standard InChI is InChI=1S/C29H29FN2O4S/c1-32(28(34)23-9-11-24(30)12-10-23)26(15-20-5-3-2-4-6-20)27(33)16-21-7-13-25(14-8-21)37(35,36)31-29-17-22(18-29)19-29/h2-14,22,26,31H,15-19H2,1H3/t22?,26-,29?/m0/s1. The summed E-state index contributed by atoms with van der Waals surface area (Å²) in [6.07, 6.45) is 3.09. The fraction of sp³-hybridized carbons (Fsp3) is 0.310. The number of ketones is 1. The van der Waals surface area contributed by atoms with Crippen LogP contribution in [0.3, 0.4) is 0 Å². The number of hydrogen-bond donors (Lipinski definition) is 1. The largest absolute Gasteiger partial charge is 0.331 e. The van der Waals surface area contributed by atoms with Crippen molar-refractivity contribution in [2.75, 3.05) is 7.05 Å². The monoisotopic (exact) mass is 520 g/mol. The zero-order chi connectivity index (χ0) is 26.2. The number of rotatable bonds is 10. The Bertz CT molecular complexity index is 1390. The lowest BCUT2D eigenvalue weighted by Crippen LogP contribution is -2.67. The molecule has 3 aromatic rings. The first-order valence-electron chi connectivity index (χ1n) is 12.4. The van der Waals surface area contributed by atoms with Gasteiger partial charge in [0, 0.05) is 24.6 Å². The lowest BCUT2D eigenvalue weighted by Gasteiger charge is -2.61. The molecule has 37 heavy (non-hydrogen) atoms. The van der Waals surface area contributed by atoms with Gasteiger partial charge in [-0.05, 0) is 79.1 Å². The van der Waals surface area contributed by atoms with Crippen molar-refractivity contribution >= 4 is 21.7 Å². The molecule has 1 atom stereocenters. The summed E-state index contributed by atoms with van der Waals surface area (Å²) < 4.78 is 41.8. The van der Waals surface area contributed by atoms with E-state index >= 15 is 0 Å². The van der Waals surface area contributed by atoms with Gasteiger partial charge in [-0.15, -0.1) is 0 Å². The van der Waals surface area contributed by atoms with E-state index < -0.39 is 21.9 Å². The number of carbonyl (C=O) groups excluding carboxylic acids is 2. The highest BCUT2D eigenvalue weighted by molar-refractivity contribution is 7.89. The predicted molar refractivity (Wildman–Crippen MR) is 138 cm³/mol. The second kappa shape index (κ2) is 9.84. The highest BCUT2D eigenvalue weighted by atomic mass is 32.2. The summed E-state index contributed by atoms with van der Waals surface area (Å²) in [5.41, 5.74) is 1.60. The van der Waals surface area contributed by atoms with Crippen LogP contribution >= 0.6 is 0 Å². The van der Waals surface area contributed by atoms with Crippen molar-refractivity contribution in [2.45, 2.75) is 48.6 Å². The van der Waals surface area contributed by atoms with Gasteiger partial charge in [-0.3, -0.25) is 9.59 Å². The maximum absolute atomic E-state index is 13.5. The van der Waals surface area contributed by atoms with Crippen LogP contribution in [0.2, 0.25) is 0 Å². The smallest absolute Gasteiger partial charge is 0.254 e. The Balaban J connectivity index is 1.32. The number of sulfonamides is 1. The summed E-state index contributed by atoms with van der Waals surface area (Å²) in [6, 6.07) is 20.2. The number of likely N-dealkylation sites (N-methyl/N-ethyl adjacent to an activating group) is 1. The first kappa shape index (κ1) is 25.3. The first-order valence-corrected chi connectivity index (χ1v) is 13.8. The highest BCUT2D eigenvalue weighted by Crippen LogP contribution is 2.57. The minimum absolute atomic E-state index is 0.0396. The van der Waals surface area contributed by atoms with Gasteiger partial charge in [0.25, 0.3) is 5.91 Å². The number of halogens is 1. The van der Waals surface area contributed by atoms with Gasteiger partial charge in [-0.25, -0.2) is 17.5 Å². The summed E-state index contributed by atoms with van der Waals surface area (Å²) >= 11 is 0. The van der Waals surface area contributed by atoms with Crippen molar-refractivity contribution in [1.29, 1.82) is 0 Å². The molecule has 6 rings (SSSR count). The lowest BCUT2D eigenvalue weighted by molar-refractivity contribution is -0.122. The van der Waals surface area contributed by atoms with E-state index in [1.54, 1.807) is 19.2 Å². The first-order chi connectivity index (χ1) is 17.6. The second-order valence-electron chi connectivity index (χ2n) is 10.3. The van der Waals surface area contributed by atoms with Crippen LogP contribution in [0.25, 0.3) is 0 Å². The average Bonchev–Trinajstić information content (AvgIpc) is 2.85. The Morgan fingerprint density at radius 2 is 1.57 bits per heavy atom. The third kappa shape index (κ3) is 5.36. The maximum Gasteiger partial charge on any atom is 0.254 e. The molecule has 8 heteroatoms. The molecule has 3 saturated carbocycles. The SMILES string of the molecule is CN(C(=O)c1ccc(F)cc1)[C@@H](Cc1ccccc1)C(=O)Cc1ccc(S(=O)(=O)NC23CC(C2)C3)cc1. The van der Waals surface area contributed by atoms with Crippen molar-refractivity contribution < 1.29 is 22.4 Å². The molecule has 0 unspecified atom stereocenters. The lowest BCUT2D eigenvalue weighted by atomic mass is 9.50. The summed E-state index contributed by atoms with van der Waals surface area (Å²) in [5.74, 6) is -0.339. The van der Waals surface area contributed by atoms with Gasteiger partial charge in [0.2, 0.25) is 10.0 Å². The average molecular weight is 521 g/mol. The fourth-order valence-corrected chi connectivity index (χ4v) is 6.73. The van der Waals surface area contributed by atoms with E-state index in [9.17, 15) is 22.4 Å². The highest BCUT2D eigenvalue weighted by Gasteiger charge is 2.58. The number of carbonyl (C=O) groups is 2. The number of nitrogens with zero attached hydrogens (tertiary/aromatic N) is 1. The van der Waals surface area contributed by atoms with Crippen LogP contribution in [0.5, 0.6) is 0 Å². The number of amides is 1. The molecule has 2 bridgehead atoms. The Hall–Kier alpha value is -3.36. The molecule has 3 fully saturated rings. The van der Waals surface area contributed by atoms with Crippen LogP contribution in [0, 0.1) is 11.7 Å². The Labute approximate surface area is 216 Å². The molecule has 1 N–H and O–H groups in total. The van der Waals surface area contributed by atoms with Crippen molar-refractivity contribution in [3.8, 4) is 0 Å². The summed E-state index contributed by atoms with van der Waals surface area (Å²) in [7, 11) is -2.04. The third-order valence-electron chi connectivity index (χ3n) is 7.52. The zero-order valence-electron chi connectivity index (χ0n) is 20.6. The molecule has 3 aliphatic rings. The maximum atomic E-state index is 13.5. The van der Waals surface area contributed by atoms with Crippen molar-refractivity contribution in [3.63, 3.8) is 0 Å². The summed E-state index contributed by atoms with van der Waals surface area (Å²) in [4.78, 5) is 28.2. The summed E-state index contributed by atoms with van der Waals surface area (Å²) in [5, 5.41) is 0. The van der Waals surface area contributed by atoms with Crippen LogP contribution in [0.4, 0.5) is 4.39 Å². The van der Waals surface area contributed by atoms with Crippen molar-refractivity contribution in [3.05, 3.63) is 101 Å². The van der Waals surface area contributed by atoms with Gasteiger partial charge in [0.15, 0.2) is 5.78 Å². The van der Waals surface area contributed by atoms with E-state index in [0.29, 0.717) is 23.5 Å². The minimum Gasteiger partial charge on any atom is -0.331 e. The minimum atomic E-state index is -3.62. The molecule has 3 aromatic carbocycles. The van der Waals surface area contributed by atoms with Crippen LogP contribution < -0.4 is 4.72 Å². The molecule has 0 aromatic heterocycles. The second-order valence-corrected chi connectivity index (χ2v) is 12.0. The Kier molecular flexibility index (Phi) is 6.72. The number of benzene rings is 3. The zero-order valence-corrected chi connectivity index (χ0v) is 21.4. The van der Waals surface area contributed by atoms with Gasteiger partial charge in [-0.1, -0.05) is 42.5 Å². The molecule has 0 saturated heterocycles. The van der Waals surface area contributed by atoms with Crippen LogP contribution in [0.1, 0.15) is 40.7 Å². The molecular formula is C29H29FN2O4S. The molecule has 192 valence electrons. The van der Waals surface area contributed by atoms with Gasteiger partial charge in [-0.2, -0.15) is 0 Å². The van der Waals surface area contributed by atoms with Crippen molar-refractivity contribution in [1.82, 2.24) is 9.62 Å². The Morgan fingerprint density at radius 1 is 0.946 bits per heavy atom. The summed E-state index contributed by atoms with van der Waals surface area (Å²) in [6.45, 7) is 0. The number of Topliss-reactive ketones (excluding diaryl/α,β-unsaturated/α-hetero) is 1. The van der Waals surface area contributed by atoms with Gasteiger partial charge in [0.05, 0.1) is 10.9 Å². The predicted octanol–water partition coefficient (Wildman–Crippen LogP) is 4.15. The molecular weight excluding hydrogens is 491 g/mol. The van der Waals surface area contributed by atoms with Gasteiger partial charge in [0.1, 0.15) is 5.82 Å². The number of nitrogens with one attached hydrogen (secondary N) is 1. The van der Waals surface area contributed by atoms with Crippen molar-refractivity contribution in [2.24, 2.45) is 5.92 Å².